The Kier molecular flexibility index (Phi) is 11.5. The van der Waals surface area contributed by atoms with Gasteiger partial charge in [-0.3, -0.25) is 15.1 Å². The first-order valence-electron chi connectivity index (χ1n) is 11.3. The van der Waals surface area contributed by atoms with Gasteiger partial charge in [0.15, 0.2) is 28.4 Å². The van der Waals surface area contributed by atoms with Crippen LogP contribution in [0.15, 0.2) is 29.3 Å². The quantitative estimate of drug-likeness (QED) is 0.220. The molecule has 0 fully saturated rings. The molecule has 1 aliphatic heterocycles. The Balaban J connectivity index is 0.000000673. The molecule has 0 saturated heterocycles. The highest BCUT2D eigenvalue weighted by Crippen LogP contribution is 2.18. The normalized spacial score (nSPS) is 15.3. The molecule has 1 aromatic carbocycles. The SMILES string of the molecule is Nc1nc(N)c(C(=O)NC2=NC[C@H](CCCc3ccc(OC[C@H](O)CO)cc3)N2)nc1Cl.O=C(O)C(F)(F)F. The third-order valence-corrected chi connectivity index (χ3v) is 5.28. The van der Waals surface area contributed by atoms with Gasteiger partial charge in [-0.25, -0.2) is 14.8 Å². The van der Waals surface area contributed by atoms with E-state index in [2.05, 4.69) is 25.6 Å². The van der Waals surface area contributed by atoms with Gasteiger partial charge in [0.2, 0.25) is 0 Å². The highest BCUT2D eigenvalue weighted by Gasteiger charge is 2.38. The second kappa shape index (κ2) is 14.3. The number of anilines is 2. The van der Waals surface area contributed by atoms with Crippen LogP contribution < -0.4 is 26.8 Å². The number of nitrogen functional groups attached to an aromatic ring is 2. The average Bonchev–Trinajstić information content (AvgIpc) is 3.32. The fourth-order valence-corrected chi connectivity index (χ4v) is 3.18. The van der Waals surface area contributed by atoms with E-state index < -0.39 is 24.2 Å². The largest absolute Gasteiger partial charge is 0.491 e. The summed E-state index contributed by atoms with van der Waals surface area (Å²) in [6, 6.07) is 7.71. The smallest absolute Gasteiger partial charge is 0.490 e. The first-order chi connectivity index (χ1) is 18.3. The number of aliphatic imine (C=N–C) groups is 1. The summed E-state index contributed by atoms with van der Waals surface area (Å²) in [5.74, 6) is -2.49. The van der Waals surface area contributed by atoms with Crippen molar-refractivity contribution in [2.75, 3.05) is 31.2 Å². The van der Waals surface area contributed by atoms with Crippen molar-refractivity contribution >= 4 is 41.1 Å². The number of aryl methyl sites for hydroxylation is 1. The molecule has 3 rings (SSSR count). The van der Waals surface area contributed by atoms with Gasteiger partial charge < -0.3 is 36.8 Å². The minimum Gasteiger partial charge on any atom is -0.491 e. The fraction of sp³-hybridized carbons (Fsp3) is 0.409. The summed E-state index contributed by atoms with van der Waals surface area (Å²) >= 11 is 5.81. The minimum atomic E-state index is -5.08. The maximum Gasteiger partial charge on any atom is 0.490 e. The monoisotopic (exact) mass is 577 g/mol. The number of guanidine groups is 1. The van der Waals surface area contributed by atoms with Crippen molar-refractivity contribution in [3.05, 3.63) is 40.7 Å². The summed E-state index contributed by atoms with van der Waals surface area (Å²) in [5.41, 5.74) is 12.3. The van der Waals surface area contributed by atoms with Gasteiger partial charge in [0.1, 0.15) is 18.5 Å². The number of nitrogens with zero attached hydrogens (tertiary/aromatic N) is 3. The number of carboxylic acid groups (broad SMARTS) is 1. The molecule has 0 unspecified atom stereocenters. The maximum atomic E-state index is 12.4. The lowest BCUT2D eigenvalue weighted by atomic mass is 10.0. The number of halogens is 4. The van der Waals surface area contributed by atoms with Crippen molar-refractivity contribution in [3.63, 3.8) is 0 Å². The number of benzene rings is 1. The molecule has 2 aromatic rings. The Hall–Kier alpha value is -3.89. The Bertz CT molecular complexity index is 1170. The van der Waals surface area contributed by atoms with Gasteiger partial charge in [0, 0.05) is 6.04 Å². The molecule has 1 aromatic heterocycles. The number of aliphatic carboxylic acids is 1. The van der Waals surface area contributed by atoms with Crippen molar-refractivity contribution in [1.82, 2.24) is 20.6 Å². The molecule has 0 bridgehead atoms. The number of aromatic nitrogens is 2. The Labute approximate surface area is 225 Å². The number of ether oxygens (including phenoxy) is 1. The van der Waals surface area contributed by atoms with Crippen LogP contribution in [0, 0.1) is 0 Å². The second-order valence-corrected chi connectivity index (χ2v) is 8.46. The van der Waals surface area contributed by atoms with Gasteiger partial charge in [-0.05, 0) is 37.0 Å². The molecule has 1 amide bonds. The number of aliphatic hydroxyl groups excluding tert-OH is 2. The Morgan fingerprint density at radius 2 is 1.85 bits per heavy atom. The average molecular weight is 578 g/mol. The van der Waals surface area contributed by atoms with Crippen molar-refractivity contribution in [2.45, 2.75) is 37.6 Å². The van der Waals surface area contributed by atoms with Gasteiger partial charge >= 0.3 is 12.1 Å². The lowest BCUT2D eigenvalue weighted by Crippen LogP contribution is -2.42. The van der Waals surface area contributed by atoms with Gasteiger partial charge in [-0.15, -0.1) is 0 Å². The van der Waals surface area contributed by atoms with Crippen LogP contribution in [0.1, 0.15) is 28.9 Å². The number of nitrogens with one attached hydrogen (secondary N) is 2. The number of carbonyl (C=O) groups excluding carboxylic acids is 1. The van der Waals surface area contributed by atoms with E-state index in [9.17, 15) is 23.1 Å². The van der Waals surface area contributed by atoms with Crippen molar-refractivity contribution < 1.29 is 42.8 Å². The molecule has 214 valence electrons. The summed E-state index contributed by atoms with van der Waals surface area (Å²) in [6.45, 7) is 0.256. The Morgan fingerprint density at radius 3 is 2.44 bits per heavy atom. The van der Waals surface area contributed by atoms with Gasteiger partial charge in [0.25, 0.3) is 5.91 Å². The first kappa shape index (κ1) is 31.3. The molecule has 17 heteroatoms. The molecule has 2 atom stereocenters. The summed E-state index contributed by atoms with van der Waals surface area (Å²) < 4.78 is 37.1. The maximum absolute atomic E-state index is 12.4. The van der Waals surface area contributed by atoms with Gasteiger partial charge in [0.05, 0.1) is 13.2 Å². The lowest BCUT2D eigenvalue weighted by molar-refractivity contribution is -0.192. The lowest BCUT2D eigenvalue weighted by Gasteiger charge is -2.13. The number of hydrogen-bond acceptors (Lipinski definition) is 11. The molecule has 0 spiro atoms. The molecular formula is C22H27ClF3N7O6. The fourth-order valence-electron chi connectivity index (χ4n) is 3.05. The summed E-state index contributed by atoms with van der Waals surface area (Å²) in [6.07, 6.45) is -3.32. The van der Waals surface area contributed by atoms with Gasteiger partial charge in [-0.1, -0.05) is 23.7 Å². The van der Waals surface area contributed by atoms with E-state index in [1.807, 2.05) is 24.3 Å². The summed E-state index contributed by atoms with van der Waals surface area (Å²) in [4.78, 5) is 33.2. The van der Waals surface area contributed by atoms with Crippen molar-refractivity contribution in [1.29, 1.82) is 0 Å². The number of aliphatic hydroxyl groups is 2. The minimum absolute atomic E-state index is 0.0419. The number of carbonyl (C=O) groups is 2. The van der Waals surface area contributed by atoms with Crippen LogP contribution in [0.4, 0.5) is 24.8 Å². The summed E-state index contributed by atoms with van der Waals surface area (Å²) in [7, 11) is 0. The number of alkyl halides is 3. The number of hydrogen-bond donors (Lipinski definition) is 7. The molecule has 2 heterocycles. The number of rotatable bonds is 9. The predicted octanol–water partition coefficient (Wildman–Crippen LogP) is 0.740. The van der Waals surface area contributed by atoms with E-state index in [0.717, 1.165) is 24.8 Å². The second-order valence-electron chi connectivity index (χ2n) is 8.10. The highest BCUT2D eigenvalue weighted by atomic mass is 35.5. The predicted molar refractivity (Wildman–Crippen MR) is 134 cm³/mol. The van der Waals surface area contributed by atoms with E-state index in [-0.39, 0.29) is 41.7 Å². The number of amides is 1. The molecule has 13 nitrogen and oxygen atoms in total. The van der Waals surface area contributed by atoms with E-state index in [0.29, 0.717) is 18.3 Å². The molecule has 9 N–H and O–H groups in total. The standard InChI is InChI=1S/C20H26ClN7O4.C2HF3O2/c21-16-18(23)27-17(22)15(26-16)19(31)28-20-24-8-12(25-20)3-1-2-11-4-6-14(7-5-11)32-10-13(30)9-29;3-2(4,5)1(6)7/h4-7,12-13,29-30H,1-3,8-10H2,(H4,22,23,27)(H2,24,25,28,31);(H,6,7)/t12-,13+;/m0./s1. The molecule has 0 aliphatic carbocycles. The third-order valence-electron chi connectivity index (χ3n) is 5.00. The van der Waals surface area contributed by atoms with Gasteiger partial charge in [-0.2, -0.15) is 13.2 Å². The summed E-state index contributed by atoms with van der Waals surface area (Å²) in [5, 5.41) is 30.9. The molecule has 1 aliphatic rings. The van der Waals surface area contributed by atoms with Crippen LogP contribution in [0.5, 0.6) is 5.75 Å². The van der Waals surface area contributed by atoms with E-state index >= 15 is 0 Å². The third kappa shape index (κ3) is 10.4. The van der Waals surface area contributed by atoms with Crippen molar-refractivity contribution in [2.24, 2.45) is 4.99 Å². The van der Waals surface area contributed by atoms with Crippen LogP contribution in [-0.4, -0.2) is 81.2 Å². The number of carboxylic acids is 1. The molecule has 39 heavy (non-hydrogen) atoms. The van der Waals surface area contributed by atoms with Crippen LogP contribution >= 0.6 is 11.6 Å². The molecule has 0 saturated carbocycles. The van der Waals surface area contributed by atoms with Crippen LogP contribution in [0.25, 0.3) is 0 Å². The van der Waals surface area contributed by atoms with Crippen LogP contribution in [0.2, 0.25) is 5.15 Å². The molecule has 0 radical (unpaired) electrons. The van der Waals surface area contributed by atoms with Crippen LogP contribution in [-0.2, 0) is 11.2 Å². The van der Waals surface area contributed by atoms with E-state index in [4.69, 9.17) is 42.8 Å². The van der Waals surface area contributed by atoms with Crippen molar-refractivity contribution in [3.8, 4) is 5.75 Å². The highest BCUT2D eigenvalue weighted by molar-refractivity contribution is 6.31. The Morgan fingerprint density at radius 1 is 1.21 bits per heavy atom. The molecular weight excluding hydrogens is 551 g/mol. The van der Waals surface area contributed by atoms with E-state index in [1.54, 1.807) is 0 Å². The number of nitrogens with two attached hydrogens (primary N) is 2. The zero-order valence-corrected chi connectivity index (χ0v) is 21.0. The topological polar surface area (TPSA) is 218 Å². The van der Waals surface area contributed by atoms with Crippen LogP contribution in [0.3, 0.4) is 0 Å². The zero-order chi connectivity index (χ0) is 29.2. The zero-order valence-electron chi connectivity index (χ0n) is 20.3. The first-order valence-corrected chi connectivity index (χ1v) is 11.7. The van der Waals surface area contributed by atoms with E-state index in [1.165, 1.54) is 0 Å².